The molecule has 200 valence electrons. The van der Waals surface area contributed by atoms with Crippen molar-refractivity contribution >= 4 is 17.5 Å². The monoisotopic (exact) mass is 532 g/mol. The molecule has 1 saturated heterocycles. The maximum atomic E-state index is 13.1. The highest BCUT2D eigenvalue weighted by Crippen LogP contribution is 2.40. The molecule has 1 aliphatic heterocycles. The summed E-state index contributed by atoms with van der Waals surface area (Å²) in [5.74, 6) is 0.299. The van der Waals surface area contributed by atoms with Crippen molar-refractivity contribution < 1.29 is 14.3 Å². The molecular formula is C32H37ClN2O3. The fraction of sp³-hybridized carbons (Fsp3) is 0.344. The number of benzene rings is 3. The van der Waals surface area contributed by atoms with Gasteiger partial charge in [0.2, 0.25) is 5.91 Å². The Morgan fingerprint density at radius 1 is 1.00 bits per heavy atom. The zero-order valence-corrected chi connectivity index (χ0v) is 23.2. The Kier molecular flexibility index (Phi) is 8.93. The van der Waals surface area contributed by atoms with Gasteiger partial charge in [0, 0.05) is 18.6 Å². The molecule has 3 aromatic rings. The van der Waals surface area contributed by atoms with Gasteiger partial charge in [-0.2, -0.15) is 0 Å². The molecule has 1 amide bonds. The Morgan fingerprint density at radius 2 is 1.61 bits per heavy atom. The van der Waals surface area contributed by atoms with Crippen LogP contribution in [0.5, 0.6) is 5.75 Å². The number of primary amides is 1. The summed E-state index contributed by atoms with van der Waals surface area (Å²) >= 11 is 6.23. The third-order valence-electron chi connectivity index (χ3n) is 7.58. The van der Waals surface area contributed by atoms with Crippen LogP contribution < -0.4 is 10.5 Å². The molecule has 0 aromatic heterocycles. The van der Waals surface area contributed by atoms with Crippen molar-refractivity contribution in [1.82, 2.24) is 4.90 Å². The molecule has 0 aliphatic carbocycles. The average molecular weight is 533 g/mol. The van der Waals surface area contributed by atoms with Crippen LogP contribution in [0.25, 0.3) is 0 Å². The number of hydrogen-bond acceptors (Lipinski definition) is 4. The van der Waals surface area contributed by atoms with Gasteiger partial charge in [-0.05, 0) is 62.4 Å². The Hall–Kier alpha value is -3.12. The van der Waals surface area contributed by atoms with E-state index >= 15 is 0 Å². The number of halogens is 1. The van der Waals surface area contributed by atoms with Gasteiger partial charge in [0.25, 0.3) is 0 Å². The summed E-state index contributed by atoms with van der Waals surface area (Å²) in [6.07, 6.45) is 4.99. The molecule has 6 heteroatoms. The van der Waals surface area contributed by atoms with Crippen LogP contribution in [-0.4, -0.2) is 35.5 Å². The van der Waals surface area contributed by atoms with Gasteiger partial charge in [-0.3, -0.25) is 9.69 Å². The van der Waals surface area contributed by atoms with E-state index in [9.17, 15) is 4.79 Å². The molecule has 2 N–H and O–H groups in total. The van der Waals surface area contributed by atoms with Crippen molar-refractivity contribution in [3.8, 4) is 5.75 Å². The Balaban J connectivity index is 1.39. The quantitative estimate of drug-likeness (QED) is 0.271. The van der Waals surface area contributed by atoms with Crippen molar-refractivity contribution in [3.63, 3.8) is 0 Å². The Bertz CT molecular complexity index is 1200. The van der Waals surface area contributed by atoms with Gasteiger partial charge in [0.1, 0.15) is 5.75 Å². The van der Waals surface area contributed by atoms with E-state index in [-0.39, 0.29) is 17.6 Å². The van der Waals surface area contributed by atoms with E-state index in [1.165, 1.54) is 0 Å². The summed E-state index contributed by atoms with van der Waals surface area (Å²) in [4.78, 5) is 15.6. The highest BCUT2D eigenvalue weighted by molar-refractivity contribution is 6.32. The fourth-order valence-corrected chi connectivity index (χ4v) is 5.24. The summed E-state index contributed by atoms with van der Waals surface area (Å²) in [6, 6.07) is 25.5. The van der Waals surface area contributed by atoms with E-state index in [4.69, 9.17) is 26.8 Å². The minimum atomic E-state index is -0.887. The second kappa shape index (κ2) is 12.2. The van der Waals surface area contributed by atoms with E-state index in [0.717, 1.165) is 36.2 Å². The van der Waals surface area contributed by atoms with Crippen molar-refractivity contribution in [2.75, 3.05) is 13.1 Å². The second-order valence-corrected chi connectivity index (χ2v) is 10.9. The molecular weight excluding hydrogens is 496 g/mol. The zero-order valence-electron chi connectivity index (χ0n) is 22.4. The number of nitrogens with zero attached hydrogens (tertiary/aromatic N) is 1. The summed E-state index contributed by atoms with van der Waals surface area (Å²) in [5, 5.41) is 0.571. The zero-order chi connectivity index (χ0) is 27.2. The summed E-state index contributed by atoms with van der Waals surface area (Å²) in [7, 11) is 0. The van der Waals surface area contributed by atoms with E-state index in [1.54, 1.807) is 6.26 Å². The second-order valence-electron chi connectivity index (χ2n) is 10.5. The molecule has 0 unspecified atom stereocenters. The SMILES string of the molecule is CC=COc1cc(COC2CN(C(C)(C)CCC(C(N)=O)(c3ccccc3)c3ccccc3)C2)ccc1Cl. The van der Waals surface area contributed by atoms with Gasteiger partial charge in [-0.15, -0.1) is 0 Å². The van der Waals surface area contributed by atoms with Gasteiger partial charge in [0.15, 0.2) is 0 Å². The Labute approximate surface area is 231 Å². The molecule has 38 heavy (non-hydrogen) atoms. The molecule has 1 fully saturated rings. The van der Waals surface area contributed by atoms with E-state index in [1.807, 2.05) is 91.9 Å². The van der Waals surface area contributed by atoms with Crippen LogP contribution >= 0.6 is 11.6 Å². The molecule has 0 atom stereocenters. The molecule has 0 spiro atoms. The number of carbonyl (C=O) groups excluding carboxylic acids is 1. The minimum Gasteiger partial charge on any atom is -0.464 e. The highest BCUT2D eigenvalue weighted by atomic mass is 35.5. The van der Waals surface area contributed by atoms with Gasteiger partial charge in [-0.25, -0.2) is 0 Å². The van der Waals surface area contributed by atoms with Crippen molar-refractivity contribution in [3.05, 3.63) is 113 Å². The number of amides is 1. The van der Waals surface area contributed by atoms with Crippen molar-refractivity contribution in [2.45, 2.75) is 57.3 Å². The topological polar surface area (TPSA) is 64.8 Å². The molecule has 0 radical (unpaired) electrons. The first-order valence-electron chi connectivity index (χ1n) is 13.1. The van der Waals surface area contributed by atoms with E-state index in [2.05, 4.69) is 18.7 Å². The molecule has 1 heterocycles. The van der Waals surface area contributed by atoms with Crippen LogP contribution in [-0.2, 0) is 21.6 Å². The van der Waals surface area contributed by atoms with Crippen LogP contribution in [0.2, 0.25) is 5.02 Å². The smallest absolute Gasteiger partial charge is 0.232 e. The first kappa shape index (κ1) is 27.9. The molecule has 1 aliphatic rings. The lowest BCUT2D eigenvalue weighted by molar-refractivity contribution is -0.123. The first-order valence-corrected chi connectivity index (χ1v) is 13.5. The molecule has 0 saturated carbocycles. The largest absolute Gasteiger partial charge is 0.464 e. The van der Waals surface area contributed by atoms with Gasteiger partial charge in [0.05, 0.1) is 29.4 Å². The Morgan fingerprint density at radius 3 is 2.16 bits per heavy atom. The normalized spacial score (nSPS) is 14.9. The molecule has 5 nitrogen and oxygen atoms in total. The summed E-state index contributed by atoms with van der Waals surface area (Å²) < 4.78 is 11.7. The van der Waals surface area contributed by atoms with Crippen LogP contribution in [0.3, 0.4) is 0 Å². The molecule has 4 rings (SSSR count). The number of hydrogen-bond donors (Lipinski definition) is 1. The highest BCUT2D eigenvalue weighted by Gasteiger charge is 2.44. The van der Waals surface area contributed by atoms with Gasteiger partial charge in [-0.1, -0.05) is 84.4 Å². The molecule has 3 aromatic carbocycles. The first-order chi connectivity index (χ1) is 18.3. The summed E-state index contributed by atoms with van der Waals surface area (Å²) in [5.41, 5.74) is 8.02. The van der Waals surface area contributed by atoms with Crippen LogP contribution in [0.15, 0.2) is 91.2 Å². The minimum absolute atomic E-state index is 0.127. The standard InChI is InChI=1S/C32H37ClN2O3/c1-4-19-37-29-20-24(15-16-28(29)33)23-38-27-21-35(22-27)31(2,3)17-18-32(30(34)36,25-11-7-5-8-12-25)26-13-9-6-10-14-26/h4-16,19-20,27H,17-18,21-23H2,1-3H3,(H2,34,36). The third-order valence-corrected chi connectivity index (χ3v) is 7.89. The lowest BCUT2D eigenvalue weighted by Crippen LogP contribution is -2.61. The number of rotatable bonds is 12. The predicted molar refractivity (Wildman–Crippen MR) is 153 cm³/mol. The fourth-order valence-electron chi connectivity index (χ4n) is 5.08. The van der Waals surface area contributed by atoms with Crippen LogP contribution in [0.4, 0.5) is 0 Å². The van der Waals surface area contributed by atoms with Crippen molar-refractivity contribution in [2.24, 2.45) is 5.73 Å². The van der Waals surface area contributed by atoms with E-state index < -0.39 is 5.41 Å². The maximum Gasteiger partial charge on any atom is 0.232 e. The predicted octanol–water partition coefficient (Wildman–Crippen LogP) is 6.48. The molecule has 0 bridgehead atoms. The number of allylic oxidation sites excluding steroid dienone is 1. The van der Waals surface area contributed by atoms with E-state index in [0.29, 0.717) is 23.8 Å². The number of carbonyl (C=O) groups is 1. The third kappa shape index (κ3) is 6.12. The van der Waals surface area contributed by atoms with Gasteiger partial charge >= 0.3 is 0 Å². The number of likely N-dealkylation sites (tertiary alicyclic amines) is 1. The average Bonchev–Trinajstić information content (AvgIpc) is 2.89. The number of ether oxygens (including phenoxy) is 2. The van der Waals surface area contributed by atoms with Crippen LogP contribution in [0, 0.1) is 0 Å². The summed E-state index contributed by atoms with van der Waals surface area (Å²) in [6.45, 7) is 8.52. The van der Waals surface area contributed by atoms with Gasteiger partial charge < -0.3 is 15.2 Å². The maximum absolute atomic E-state index is 13.1. The van der Waals surface area contributed by atoms with Crippen molar-refractivity contribution in [1.29, 1.82) is 0 Å². The lowest BCUT2D eigenvalue weighted by atomic mass is 9.69. The number of nitrogens with two attached hydrogens (primary N) is 1. The van der Waals surface area contributed by atoms with Crippen LogP contribution in [0.1, 0.15) is 50.3 Å². The lowest BCUT2D eigenvalue weighted by Gasteiger charge is -2.50.